The maximum Gasteiger partial charge on any atom is 0.316 e. The second-order valence-electron chi connectivity index (χ2n) is 3.77. The van der Waals surface area contributed by atoms with Gasteiger partial charge < -0.3 is 5.11 Å². The van der Waals surface area contributed by atoms with Crippen LogP contribution < -0.4 is 0 Å². The minimum absolute atomic E-state index is 0.356. The molecule has 0 bridgehead atoms. The van der Waals surface area contributed by atoms with E-state index >= 15 is 0 Å². The molecule has 0 spiro atoms. The van der Waals surface area contributed by atoms with E-state index in [1.54, 1.807) is 12.1 Å². The summed E-state index contributed by atoms with van der Waals surface area (Å²) in [5.74, 6) is -1.41. The van der Waals surface area contributed by atoms with Gasteiger partial charge in [-0.3, -0.25) is 9.00 Å². The minimum atomic E-state index is -1.48. The molecule has 0 aromatic heterocycles. The largest absolute Gasteiger partial charge is 0.481 e. The third-order valence-corrected chi connectivity index (χ3v) is 3.79. The number of carbonyl (C=O) groups is 1. The molecule has 2 rings (SSSR count). The fourth-order valence-electron chi connectivity index (χ4n) is 1.63. The van der Waals surface area contributed by atoms with Gasteiger partial charge in [0.2, 0.25) is 0 Å². The predicted molar refractivity (Wildman–Crippen MR) is 70.8 cm³/mol. The molecule has 0 saturated carbocycles. The quantitative estimate of drug-likeness (QED) is 0.919. The molecular formula is C14H12O3S. The fraction of sp³-hybridized carbons (Fsp3) is 0.0714. The Balaban J connectivity index is 2.20. The Hall–Kier alpha value is -1.94. The van der Waals surface area contributed by atoms with Crippen molar-refractivity contribution in [3.05, 3.63) is 54.6 Å². The number of carboxylic acid groups (broad SMARTS) is 1. The number of benzene rings is 2. The summed E-state index contributed by atoms with van der Waals surface area (Å²) >= 11 is 0. The highest BCUT2D eigenvalue weighted by Gasteiger charge is 2.08. The Kier molecular flexibility index (Phi) is 3.89. The van der Waals surface area contributed by atoms with Gasteiger partial charge in [0.1, 0.15) is 5.75 Å². The number of hydrogen-bond acceptors (Lipinski definition) is 2. The van der Waals surface area contributed by atoms with E-state index < -0.39 is 16.8 Å². The number of hydrogen-bond donors (Lipinski definition) is 1. The lowest BCUT2D eigenvalue weighted by atomic mass is 10.1. The van der Waals surface area contributed by atoms with Gasteiger partial charge in [-0.25, -0.2) is 0 Å². The van der Waals surface area contributed by atoms with Gasteiger partial charge in [0, 0.05) is 4.90 Å². The number of carboxylic acids is 1. The van der Waals surface area contributed by atoms with E-state index in [1.807, 2.05) is 42.5 Å². The Bertz CT molecular complexity index is 561. The lowest BCUT2D eigenvalue weighted by molar-refractivity contribution is -0.133. The maximum absolute atomic E-state index is 11.6. The number of rotatable bonds is 4. The van der Waals surface area contributed by atoms with E-state index in [-0.39, 0.29) is 5.75 Å². The smallest absolute Gasteiger partial charge is 0.316 e. The molecule has 4 heteroatoms. The second-order valence-corrected chi connectivity index (χ2v) is 5.23. The molecular weight excluding hydrogens is 248 g/mol. The molecule has 0 aliphatic carbocycles. The lowest BCUT2D eigenvalue weighted by Gasteiger charge is -2.03. The van der Waals surface area contributed by atoms with Gasteiger partial charge in [-0.2, -0.15) is 0 Å². The van der Waals surface area contributed by atoms with Crippen LogP contribution in [0.1, 0.15) is 0 Å². The summed E-state index contributed by atoms with van der Waals surface area (Å²) in [6, 6.07) is 16.9. The van der Waals surface area contributed by atoms with E-state index in [0.717, 1.165) is 11.1 Å². The number of aliphatic carboxylic acids is 1. The standard InChI is InChI=1S/C14H12O3S/c15-14(16)10-18(17)13-8-6-12(7-9-13)11-4-2-1-3-5-11/h1-9H,10H2,(H,15,16)/t18-/m0/s1. The zero-order valence-electron chi connectivity index (χ0n) is 9.58. The summed E-state index contributed by atoms with van der Waals surface area (Å²) in [7, 11) is -1.48. The van der Waals surface area contributed by atoms with Crippen molar-refractivity contribution in [2.24, 2.45) is 0 Å². The molecule has 0 unspecified atom stereocenters. The summed E-state index contributed by atoms with van der Waals surface area (Å²) in [5.41, 5.74) is 2.10. The third-order valence-electron chi connectivity index (χ3n) is 2.48. The summed E-state index contributed by atoms with van der Waals surface area (Å²) in [5, 5.41) is 8.58. The Labute approximate surface area is 108 Å². The van der Waals surface area contributed by atoms with Crippen LogP contribution in [0.5, 0.6) is 0 Å². The van der Waals surface area contributed by atoms with Gasteiger partial charge in [0.05, 0.1) is 10.8 Å². The Morgan fingerprint density at radius 2 is 1.50 bits per heavy atom. The zero-order chi connectivity index (χ0) is 13.0. The topological polar surface area (TPSA) is 54.4 Å². The van der Waals surface area contributed by atoms with Gasteiger partial charge in [-0.15, -0.1) is 0 Å². The van der Waals surface area contributed by atoms with E-state index in [9.17, 15) is 9.00 Å². The van der Waals surface area contributed by atoms with Crippen molar-refractivity contribution in [2.75, 3.05) is 5.75 Å². The molecule has 18 heavy (non-hydrogen) atoms. The molecule has 2 aromatic carbocycles. The van der Waals surface area contributed by atoms with E-state index in [2.05, 4.69) is 0 Å². The van der Waals surface area contributed by atoms with Crippen molar-refractivity contribution in [1.29, 1.82) is 0 Å². The predicted octanol–water partition coefficient (Wildman–Crippen LogP) is 2.55. The molecule has 0 aliphatic heterocycles. The van der Waals surface area contributed by atoms with Crippen LogP contribution in [-0.4, -0.2) is 21.0 Å². The van der Waals surface area contributed by atoms with Crippen LogP contribution in [0.25, 0.3) is 11.1 Å². The molecule has 0 fully saturated rings. The zero-order valence-corrected chi connectivity index (χ0v) is 10.4. The second kappa shape index (κ2) is 5.60. The van der Waals surface area contributed by atoms with Crippen molar-refractivity contribution >= 4 is 16.8 Å². The summed E-state index contributed by atoms with van der Waals surface area (Å²) < 4.78 is 11.6. The first-order valence-electron chi connectivity index (χ1n) is 5.42. The minimum Gasteiger partial charge on any atom is -0.481 e. The SMILES string of the molecule is O=C(O)C[S@](=O)c1ccc(-c2ccccc2)cc1. The Morgan fingerprint density at radius 1 is 0.944 bits per heavy atom. The highest BCUT2D eigenvalue weighted by Crippen LogP contribution is 2.20. The normalized spacial score (nSPS) is 12.0. The average molecular weight is 260 g/mol. The highest BCUT2D eigenvalue weighted by atomic mass is 32.2. The molecule has 92 valence electrons. The molecule has 0 saturated heterocycles. The summed E-state index contributed by atoms with van der Waals surface area (Å²) in [6.45, 7) is 0. The van der Waals surface area contributed by atoms with E-state index in [0.29, 0.717) is 4.90 Å². The Morgan fingerprint density at radius 3 is 2.06 bits per heavy atom. The van der Waals surface area contributed by atoms with Gasteiger partial charge in [0.25, 0.3) is 0 Å². The molecule has 2 aromatic rings. The first-order chi connectivity index (χ1) is 8.66. The van der Waals surface area contributed by atoms with Crippen LogP contribution in [0.2, 0.25) is 0 Å². The van der Waals surface area contributed by atoms with Crippen molar-refractivity contribution < 1.29 is 14.1 Å². The molecule has 0 heterocycles. The van der Waals surface area contributed by atoms with Crippen LogP contribution in [0.3, 0.4) is 0 Å². The molecule has 1 atom stereocenters. The third kappa shape index (κ3) is 3.05. The molecule has 0 aliphatic rings. The highest BCUT2D eigenvalue weighted by molar-refractivity contribution is 7.85. The van der Waals surface area contributed by atoms with Crippen LogP contribution in [-0.2, 0) is 15.6 Å². The maximum atomic E-state index is 11.6. The monoisotopic (exact) mass is 260 g/mol. The first-order valence-corrected chi connectivity index (χ1v) is 6.74. The van der Waals surface area contributed by atoms with Crippen molar-refractivity contribution in [2.45, 2.75) is 4.90 Å². The van der Waals surface area contributed by atoms with Crippen molar-refractivity contribution in [3.8, 4) is 11.1 Å². The van der Waals surface area contributed by atoms with Crippen LogP contribution in [0, 0.1) is 0 Å². The average Bonchev–Trinajstić information content (AvgIpc) is 2.39. The summed E-state index contributed by atoms with van der Waals surface area (Å²) in [4.78, 5) is 11.0. The van der Waals surface area contributed by atoms with Crippen molar-refractivity contribution in [1.82, 2.24) is 0 Å². The van der Waals surface area contributed by atoms with Crippen LogP contribution in [0.4, 0.5) is 0 Å². The van der Waals surface area contributed by atoms with E-state index in [1.165, 1.54) is 0 Å². The molecule has 1 N–H and O–H groups in total. The summed E-state index contributed by atoms with van der Waals surface area (Å²) in [6.07, 6.45) is 0. The van der Waals surface area contributed by atoms with Gasteiger partial charge >= 0.3 is 5.97 Å². The van der Waals surface area contributed by atoms with Crippen LogP contribution >= 0.6 is 0 Å². The van der Waals surface area contributed by atoms with Gasteiger partial charge in [-0.1, -0.05) is 42.5 Å². The van der Waals surface area contributed by atoms with Crippen molar-refractivity contribution in [3.63, 3.8) is 0 Å². The molecule has 0 radical (unpaired) electrons. The fourth-order valence-corrected chi connectivity index (χ4v) is 2.46. The molecule has 3 nitrogen and oxygen atoms in total. The van der Waals surface area contributed by atoms with Gasteiger partial charge in [0.15, 0.2) is 0 Å². The van der Waals surface area contributed by atoms with E-state index in [4.69, 9.17) is 5.11 Å². The first kappa shape index (κ1) is 12.5. The molecule has 0 amide bonds. The van der Waals surface area contributed by atoms with Gasteiger partial charge in [-0.05, 0) is 23.3 Å². The lowest BCUT2D eigenvalue weighted by Crippen LogP contribution is -2.08. The van der Waals surface area contributed by atoms with Crippen LogP contribution in [0.15, 0.2) is 59.5 Å².